The van der Waals surface area contributed by atoms with E-state index in [2.05, 4.69) is 199 Å². The number of benzene rings is 5. The maximum atomic E-state index is 7.51. The summed E-state index contributed by atoms with van der Waals surface area (Å²) in [5.41, 5.74) is 23.0. The van der Waals surface area contributed by atoms with Gasteiger partial charge in [-0.05, 0) is 193 Å². The molecule has 3 aliphatic carbocycles. The standard InChI is InChI=1S/C61H75BN2O/c1-36-29-49-53-50(30-36)64(39-19-21-42-44(33-39)59(11,12)26-24-57(42,7)8)54-52(40-31-37(55(2,3)4)17-22-51(40)65-54)62(53)47-34-45-46(61(15,16)28-27-60(45,13)14)35-48(47)63(49)38-18-20-41-43(32-38)58(9,10)25-23-56(41,5)6/h17-22,29-35,52,54H,23-28H2,1-16H3. The van der Waals surface area contributed by atoms with Crippen LogP contribution in [0.1, 0.15) is 198 Å². The van der Waals surface area contributed by atoms with Crippen molar-refractivity contribution in [2.45, 2.75) is 199 Å². The molecule has 5 aromatic carbocycles. The van der Waals surface area contributed by atoms with Crippen LogP contribution >= 0.6 is 0 Å². The molecule has 3 aliphatic heterocycles. The van der Waals surface area contributed by atoms with E-state index in [0.29, 0.717) is 0 Å². The van der Waals surface area contributed by atoms with E-state index in [9.17, 15) is 0 Å². The molecule has 2 atom stereocenters. The van der Waals surface area contributed by atoms with Gasteiger partial charge < -0.3 is 14.5 Å². The SMILES string of the molecule is Cc1cc2c3c(c1)N(c1ccc4c(c1)C(C)(C)CCC4(C)C)C1Oc4ccc(C(C)(C)C)cc4C1B3c1cc3c(cc1N2c1ccc2c(c1)C(C)(C)CCC2(C)C)C(C)(C)CCC3(C)C. The van der Waals surface area contributed by atoms with Gasteiger partial charge in [0.2, 0.25) is 6.71 Å². The molecular weight excluding hydrogens is 787 g/mol. The van der Waals surface area contributed by atoms with Crippen LogP contribution in [0.25, 0.3) is 0 Å². The van der Waals surface area contributed by atoms with Gasteiger partial charge in [0.1, 0.15) is 5.75 Å². The first kappa shape index (κ1) is 43.2. The Kier molecular flexibility index (Phi) is 8.88. The van der Waals surface area contributed by atoms with E-state index in [1.807, 2.05) is 0 Å². The zero-order chi connectivity index (χ0) is 46.3. The highest BCUT2D eigenvalue weighted by Crippen LogP contribution is 2.57. The predicted octanol–water partition coefficient (Wildman–Crippen LogP) is 14.9. The summed E-state index contributed by atoms with van der Waals surface area (Å²) in [6, 6.07) is 32.6. The minimum atomic E-state index is -0.211. The largest absolute Gasteiger partial charge is 0.470 e. The first-order chi connectivity index (χ1) is 30.2. The van der Waals surface area contributed by atoms with Crippen molar-refractivity contribution < 1.29 is 4.74 Å². The molecule has 0 fully saturated rings. The Morgan fingerprint density at radius 2 is 0.985 bits per heavy atom. The van der Waals surface area contributed by atoms with Gasteiger partial charge in [0.05, 0.1) is 0 Å². The predicted molar refractivity (Wildman–Crippen MR) is 278 cm³/mol. The van der Waals surface area contributed by atoms with Gasteiger partial charge >= 0.3 is 0 Å². The summed E-state index contributed by atoms with van der Waals surface area (Å²) in [7, 11) is 0. The first-order valence-corrected chi connectivity index (χ1v) is 25.2. The molecule has 4 heteroatoms. The number of rotatable bonds is 2. The van der Waals surface area contributed by atoms with Crippen molar-refractivity contribution in [1.82, 2.24) is 0 Å². The highest BCUT2D eigenvalue weighted by atomic mass is 16.5. The molecule has 338 valence electrons. The molecule has 2 unspecified atom stereocenters. The summed E-state index contributed by atoms with van der Waals surface area (Å²) in [5, 5.41) is 0. The van der Waals surface area contributed by atoms with Gasteiger partial charge in [0.25, 0.3) is 0 Å². The van der Waals surface area contributed by atoms with Gasteiger partial charge in [0, 0.05) is 34.3 Å². The fourth-order valence-electron chi connectivity index (χ4n) is 13.6. The van der Waals surface area contributed by atoms with E-state index in [1.165, 1.54) is 128 Å². The number of nitrogens with zero attached hydrogens (tertiary/aromatic N) is 2. The lowest BCUT2D eigenvalue weighted by molar-refractivity contribution is 0.231. The summed E-state index contributed by atoms with van der Waals surface area (Å²) in [6.45, 7) is 39.1. The van der Waals surface area contributed by atoms with Gasteiger partial charge in [-0.25, -0.2) is 0 Å². The van der Waals surface area contributed by atoms with Crippen LogP contribution in [0.3, 0.4) is 0 Å². The second kappa shape index (κ2) is 13.4. The maximum absolute atomic E-state index is 7.51. The second-order valence-electron chi connectivity index (χ2n) is 26.7. The third-order valence-corrected chi connectivity index (χ3v) is 18.3. The first-order valence-electron chi connectivity index (χ1n) is 25.2. The summed E-state index contributed by atoms with van der Waals surface area (Å²) in [5.74, 6) is 1.11. The van der Waals surface area contributed by atoms with Gasteiger partial charge in [-0.3, -0.25) is 0 Å². The van der Waals surface area contributed by atoms with Gasteiger partial charge in [-0.2, -0.15) is 0 Å². The molecule has 0 aromatic heterocycles. The fraction of sp³-hybridized carbons (Fsp3) is 0.508. The smallest absolute Gasteiger partial charge is 0.231 e. The lowest BCUT2D eigenvalue weighted by Gasteiger charge is -2.50. The van der Waals surface area contributed by atoms with Gasteiger partial charge in [0.15, 0.2) is 6.23 Å². The van der Waals surface area contributed by atoms with E-state index >= 15 is 0 Å². The molecule has 0 bridgehead atoms. The number of fused-ring (bicyclic) bond motifs is 9. The fourth-order valence-corrected chi connectivity index (χ4v) is 13.6. The highest BCUT2D eigenvalue weighted by molar-refractivity contribution is 6.91. The molecule has 65 heavy (non-hydrogen) atoms. The molecule has 3 nitrogen and oxygen atoms in total. The number of aryl methyl sites for hydroxylation is 1. The summed E-state index contributed by atoms with van der Waals surface area (Å²) < 4.78 is 7.51. The van der Waals surface area contributed by atoms with Crippen molar-refractivity contribution in [3.05, 3.63) is 129 Å². The van der Waals surface area contributed by atoms with Crippen LogP contribution in [0.4, 0.5) is 28.4 Å². The van der Waals surface area contributed by atoms with Crippen LogP contribution in [0, 0.1) is 6.92 Å². The highest BCUT2D eigenvalue weighted by Gasteiger charge is 2.56. The maximum Gasteiger partial charge on any atom is 0.231 e. The Balaban J connectivity index is 1.24. The molecule has 0 spiro atoms. The number of hydrogen-bond donors (Lipinski definition) is 0. The van der Waals surface area contributed by atoms with E-state index < -0.39 is 0 Å². The molecule has 0 N–H and O–H groups in total. The Morgan fingerprint density at radius 1 is 0.508 bits per heavy atom. The summed E-state index contributed by atoms with van der Waals surface area (Å²) in [4.78, 5) is 5.36. The number of anilines is 5. The van der Waals surface area contributed by atoms with Crippen molar-refractivity contribution in [1.29, 1.82) is 0 Å². The molecule has 0 radical (unpaired) electrons. The molecule has 6 aliphatic rings. The molecule has 5 aromatic rings. The van der Waals surface area contributed by atoms with Crippen LogP contribution < -0.4 is 25.5 Å². The second-order valence-corrected chi connectivity index (χ2v) is 26.7. The third-order valence-electron chi connectivity index (χ3n) is 18.3. The van der Waals surface area contributed by atoms with Crippen LogP contribution in [0.2, 0.25) is 0 Å². The van der Waals surface area contributed by atoms with E-state index in [4.69, 9.17) is 4.74 Å². The monoisotopic (exact) mass is 863 g/mol. The zero-order valence-electron chi connectivity index (χ0n) is 42.8. The lowest BCUT2D eigenvalue weighted by atomic mass is 9.29. The van der Waals surface area contributed by atoms with Crippen molar-refractivity contribution >= 4 is 46.1 Å². The van der Waals surface area contributed by atoms with Crippen LogP contribution in [-0.4, -0.2) is 12.9 Å². The third kappa shape index (κ3) is 6.26. The zero-order valence-corrected chi connectivity index (χ0v) is 42.8. The Hall–Kier alpha value is -4.44. The minimum absolute atomic E-state index is 0.00325. The Morgan fingerprint density at radius 3 is 1.54 bits per heavy atom. The van der Waals surface area contributed by atoms with Crippen LogP contribution in [-0.2, 0) is 37.9 Å². The average Bonchev–Trinajstić information content (AvgIpc) is 3.60. The molecule has 11 rings (SSSR count). The lowest BCUT2D eigenvalue weighted by Crippen LogP contribution is -2.63. The average molecular weight is 863 g/mol. The van der Waals surface area contributed by atoms with Crippen molar-refractivity contribution in [2.24, 2.45) is 0 Å². The summed E-state index contributed by atoms with van der Waals surface area (Å²) >= 11 is 0. The molecule has 0 amide bonds. The van der Waals surface area contributed by atoms with Gasteiger partial charge in [-0.1, -0.05) is 134 Å². The molecule has 3 heterocycles. The summed E-state index contributed by atoms with van der Waals surface area (Å²) in [6.07, 6.45) is 6.93. The Bertz CT molecular complexity index is 2850. The quantitative estimate of drug-likeness (QED) is 0.164. The van der Waals surface area contributed by atoms with E-state index in [0.717, 1.165) is 5.75 Å². The number of ether oxygens (including phenoxy) is 1. The van der Waals surface area contributed by atoms with Crippen molar-refractivity contribution in [2.75, 3.05) is 9.80 Å². The molecule has 0 saturated heterocycles. The van der Waals surface area contributed by atoms with Crippen molar-refractivity contribution in [3.63, 3.8) is 0 Å². The van der Waals surface area contributed by atoms with Gasteiger partial charge in [-0.15, -0.1) is 0 Å². The molecular formula is C61H75BN2O. The molecule has 0 saturated carbocycles. The van der Waals surface area contributed by atoms with Crippen LogP contribution in [0.5, 0.6) is 5.75 Å². The topological polar surface area (TPSA) is 15.7 Å². The number of hydrogen-bond acceptors (Lipinski definition) is 3. The van der Waals surface area contributed by atoms with E-state index in [-0.39, 0.29) is 56.7 Å². The van der Waals surface area contributed by atoms with Crippen molar-refractivity contribution in [3.8, 4) is 5.75 Å². The van der Waals surface area contributed by atoms with E-state index in [1.54, 1.807) is 0 Å². The normalized spacial score (nSPS) is 24.1. The Labute approximate surface area is 392 Å². The van der Waals surface area contributed by atoms with Crippen LogP contribution in [0.15, 0.2) is 78.9 Å². The minimum Gasteiger partial charge on any atom is -0.470 e.